The monoisotopic (exact) mass is 336 g/mol. The summed E-state index contributed by atoms with van der Waals surface area (Å²) in [5, 5.41) is 19.6. The number of rotatable bonds is 5. The summed E-state index contributed by atoms with van der Waals surface area (Å²) in [6, 6.07) is 17.8. The number of anilines is 1. The predicted molar refractivity (Wildman–Crippen MR) is 96.7 cm³/mol. The zero-order chi connectivity index (χ0) is 17.6. The molecule has 0 aliphatic carbocycles. The fraction of sp³-hybridized carbons (Fsp3) is 0.158. The molecular weight excluding hydrogens is 316 g/mol. The van der Waals surface area contributed by atoms with Crippen LogP contribution in [0.4, 0.5) is 10.5 Å². The van der Waals surface area contributed by atoms with Crippen LogP contribution in [0.1, 0.15) is 17.3 Å². The molecule has 2 aromatic carbocycles. The SMILES string of the molecule is Cc1ccn(-c2ccccc2NC(=O)N[C@H](CO)c2ccccc2)n1. The molecule has 1 atom stereocenters. The van der Waals surface area contributed by atoms with Crippen molar-refractivity contribution in [1.29, 1.82) is 0 Å². The van der Waals surface area contributed by atoms with Crippen molar-refractivity contribution in [2.24, 2.45) is 0 Å². The number of aliphatic hydroxyl groups is 1. The lowest BCUT2D eigenvalue weighted by Gasteiger charge is -2.18. The number of hydrogen-bond donors (Lipinski definition) is 3. The van der Waals surface area contributed by atoms with E-state index in [0.717, 1.165) is 16.9 Å². The normalized spacial score (nSPS) is 11.8. The highest BCUT2D eigenvalue weighted by molar-refractivity contribution is 5.91. The molecule has 0 aliphatic rings. The van der Waals surface area contributed by atoms with Crippen LogP contribution in [-0.2, 0) is 0 Å². The number of para-hydroxylation sites is 2. The van der Waals surface area contributed by atoms with E-state index in [2.05, 4.69) is 15.7 Å². The minimum Gasteiger partial charge on any atom is -0.394 e. The highest BCUT2D eigenvalue weighted by atomic mass is 16.3. The Hall–Kier alpha value is -3.12. The van der Waals surface area contributed by atoms with Crippen LogP contribution in [0.2, 0.25) is 0 Å². The first-order valence-electron chi connectivity index (χ1n) is 8.02. The maximum Gasteiger partial charge on any atom is 0.319 e. The molecule has 0 aliphatic heterocycles. The van der Waals surface area contributed by atoms with Crippen molar-refractivity contribution in [3.63, 3.8) is 0 Å². The van der Waals surface area contributed by atoms with Crippen LogP contribution in [-0.4, -0.2) is 27.5 Å². The minimum absolute atomic E-state index is 0.183. The molecule has 0 spiro atoms. The van der Waals surface area contributed by atoms with Gasteiger partial charge in [0.2, 0.25) is 0 Å². The van der Waals surface area contributed by atoms with E-state index < -0.39 is 6.04 Å². The number of nitrogens with one attached hydrogen (secondary N) is 2. The quantitative estimate of drug-likeness (QED) is 0.670. The summed E-state index contributed by atoms with van der Waals surface area (Å²) >= 11 is 0. The summed E-state index contributed by atoms with van der Waals surface area (Å²) < 4.78 is 1.71. The fourth-order valence-corrected chi connectivity index (χ4v) is 2.56. The molecule has 0 saturated heterocycles. The van der Waals surface area contributed by atoms with Gasteiger partial charge in [-0.3, -0.25) is 0 Å². The van der Waals surface area contributed by atoms with Crippen LogP contribution < -0.4 is 10.6 Å². The Balaban J connectivity index is 1.75. The van der Waals surface area contributed by atoms with E-state index in [4.69, 9.17) is 0 Å². The molecule has 128 valence electrons. The number of carbonyl (C=O) groups excluding carboxylic acids is 1. The number of aliphatic hydroxyl groups excluding tert-OH is 1. The van der Waals surface area contributed by atoms with Gasteiger partial charge in [0.25, 0.3) is 0 Å². The lowest BCUT2D eigenvalue weighted by molar-refractivity contribution is 0.225. The molecule has 6 heteroatoms. The van der Waals surface area contributed by atoms with E-state index >= 15 is 0 Å². The third kappa shape index (κ3) is 4.05. The van der Waals surface area contributed by atoms with E-state index in [1.165, 1.54) is 0 Å². The topological polar surface area (TPSA) is 79.2 Å². The Morgan fingerprint density at radius 3 is 2.52 bits per heavy atom. The Kier molecular flexibility index (Phi) is 5.11. The summed E-state index contributed by atoms with van der Waals surface area (Å²) in [5.74, 6) is 0. The molecular formula is C19H20N4O2. The van der Waals surface area contributed by atoms with Gasteiger partial charge in [0.1, 0.15) is 0 Å². The summed E-state index contributed by atoms with van der Waals surface area (Å²) in [5.41, 5.74) is 3.14. The zero-order valence-electron chi connectivity index (χ0n) is 13.9. The van der Waals surface area contributed by atoms with Crippen LogP contribution in [0.3, 0.4) is 0 Å². The minimum atomic E-state index is -0.472. The lowest BCUT2D eigenvalue weighted by atomic mass is 10.1. The van der Waals surface area contributed by atoms with E-state index in [0.29, 0.717) is 5.69 Å². The zero-order valence-corrected chi connectivity index (χ0v) is 13.9. The van der Waals surface area contributed by atoms with Gasteiger partial charge in [-0.25, -0.2) is 9.48 Å². The number of aromatic nitrogens is 2. The van der Waals surface area contributed by atoms with Gasteiger partial charge in [0.05, 0.1) is 29.7 Å². The van der Waals surface area contributed by atoms with Crippen LogP contribution in [0, 0.1) is 6.92 Å². The molecule has 0 bridgehead atoms. The van der Waals surface area contributed by atoms with Crippen molar-refractivity contribution in [1.82, 2.24) is 15.1 Å². The first kappa shape index (κ1) is 16.7. The third-order valence-corrected chi connectivity index (χ3v) is 3.81. The number of amides is 2. The molecule has 25 heavy (non-hydrogen) atoms. The summed E-state index contributed by atoms with van der Waals surface area (Å²) in [6.45, 7) is 1.72. The molecule has 0 radical (unpaired) electrons. The van der Waals surface area contributed by atoms with Gasteiger partial charge < -0.3 is 15.7 Å². The lowest BCUT2D eigenvalue weighted by Crippen LogP contribution is -2.34. The molecule has 1 heterocycles. The number of benzene rings is 2. The van der Waals surface area contributed by atoms with E-state index in [9.17, 15) is 9.90 Å². The predicted octanol–water partition coefficient (Wildman–Crippen LogP) is 3.04. The van der Waals surface area contributed by atoms with Crippen LogP contribution in [0.5, 0.6) is 0 Å². The third-order valence-electron chi connectivity index (χ3n) is 3.81. The van der Waals surface area contributed by atoms with Crippen molar-refractivity contribution < 1.29 is 9.90 Å². The molecule has 2 amide bonds. The smallest absolute Gasteiger partial charge is 0.319 e. The summed E-state index contributed by atoms with van der Waals surface area (Å²) in [4.78, 5) is 12.4. The molecule has 3 N–H and O–H groups in total. The van der Waals surface area contributed by atoms with E-state index in [1.807, 2.05) is 73.8 Å². The first-order valence-corrected chi connectivity index (χ1v) is 8.02. The molecule has 3 rings (SSSR count). The Labute approximate surface area is 146 Å². The largest absolute Gasteiger partial charge is 0.394 e. The van der Waals surface area contributed by atoms with Gasteiger partial charge in [-0.05, 0) is 30.7 Å². The second-order valence-electron chi connectivity index (χ2n) is 5.66. The molecule has 0 unspecified atom stereocenters. The number of carbonyl (C=O) groups is 1. The fourth-order valence-electron chi connectivity index (χ4n) is 2.56. The molecule has 0 fully saturated rings. The van der Waals surface area contributed by atoms with Crippen LogP contribution in [0.25, 0.3) is 5.69 Å². The van der Waals surface area contributed by atoms with E-state index in [-0.39, 0.29) is 12.6 Å². The van der Waals surface area contributed by atoms with Crippen molar-refractivity contribution in [3.05, 3.63) is 78.1 Å². The van der Waals surface area contributed by atoms with Gasteiger partial charge in [-0.2, -0.15) is 5.10 Å². The molecule has 6 nitrogen and oxygen atoms in total. The number of nitrogens with zero attached hydrogens (tertiary/aromatic N) is 2. The Bertz CT molecular complexity index is 845. The van der Waals surface area contributed by atoms with Gasteiger partial charge in [0, 0.05) is 6.20 Å². The van der Waals surface area contributed by atoms with Crippen molar-refractivity contribution in [2.75, 3.05) is 11.9 Å². The van der Waals surface area contributed by atoms with Gasteiger partial charge in [0.15, 0.2) is 0 Å². The second kappa shape index (κ2) is 7.63. The highest BCUT2D eigenvalue weighted by Crippen LogP contribution is 2.20. The van der Waals surface area contributed by atoms with Crippen LogP contribution in [0.15, 0.2) is 66.9 Å². The number of urea groups is 1. The van der Waals surface area contributed by atoms with E-state index in [1.54, 1.807) is 4.68 Å². The van der Waals surface area contributed by atoms with Crippen molar-refractivity contribution in [3.8, 4) is 5.69 Å². The molecule has 0 saturated carbocycles. The van der Waals surface area contributed by atoms with Crippen molar-refractivity contribution in [2.45, 2.75) is 13.0 Å². The molecule has 1 aromatic heterocycles. The maximum atomic E-state index is 12.4. The maximum absolute atomic E-state index is 12.4. The van der Waals surface area contributed by atoms with Crippen LogP contribution >= 0.6 is 0 Å². The highest BCUT2D eigenvalue weighted by Gasteiger charge is 2.15. The number of aryl methyl sites for hydroxylation is 1. The summed E-state index contributed by atoms with van der Waals surface area (Å²) in [7, 11) is 0. The average molecular weight is 336 g/mol. The average Bonchev–Trinajstić information content (AvgIpc) is 3.07. The standard InChI is InChI=1S/C19H20N4O2/c1-14-11-12-23(22-14)18-10-6-5-9-16(18)20-19(25)21-17(13-24)15-7-3-2-4-8-15/h2-12,17,24H,13H2,1H3,(H2,20,21,25)/t17-/m1/s1. The Morgan fingerprint density at radius 1 is 1.12 bits per heavy atom. The van der Waals surface area contributed by atoms with Crippen molar-refractivity contribution >= 4 is 11.7 Å². The molecule has 3 aromatic rings. The number of hydrogen-bond acceptors (Lipinski definition) is 3. The second-order valence-corrected chi connectivity index (χ2v) is 5.66. The van der Waals surface area contributed by atoms with Gasteiger partial charge >= 0.3 is 6.03 Å². The Morgan fingerprint density at radius 2 is 1.84 bits per heavy atom. The van der Waals surface area contributed by atoms with Gasteiger partial charge in [-0.15, -0.1) is 0 Å². The van der Waals surface area contributed by atoms with Gasteiger partial charge in [-0.1, -0.05) is 42.5 Å². The summed E-state index contributed by atoms with van der Waals surface area (Å²) in [6.07, 6.45) is 1.84. The first-order chi connectivity index (χ1) is 12.2.